The Morgan fingerprint density at radius 3 is 2.55 bits per heavy atom. The molecule has 2 atom stereocenters. The zero-order chi connectivity index (χ0) is 8.27. The van der Waals surface area contributed by atoms with Gasteiger partial charge in [-0.2, -0.15) is 13.7 Å². The summed E-state index contributed by atoms with van der Waals surface area (Å²) in [5.41, 5.74) is 4.53. The van der Waals surface area contributed by atoms with Crippen molar-refractivity contribution in [1.29, 1.82) is 0 Å². The van der Waals surface area contributed by atoms with Crippen molar-refractivity contribution in [2.45, 2.75) is 12.5 Å². The molecule has 0 amide bonds. The molecule has 1 fully saturated rings. The second-order valence-electron chi connectivity index (χ2n) is 1.86. The summed E-state index contributed by atoms with van der Waals surface area (Å²) in [7, 11) is 0. The highest BCUT2D eigenvalue weighted by molar-refractivity contribution is 4.93. The van der Waals surface area contributed by atoms with E-state index >= 15 is 0 Å². The number of halogens is 3. The third kappa shape index (κ3) is 2.46. The van der Waals surface area contributed by atoms with Crippen LogP contribution in [0.1, 0.15) is 0 Å². The van der Waals surface area contributed by atoms with E-state index in [2.05, 4.69) is 21.1 Å². The van der Waals surface area contributed by atoms with E-state index in [1.54, 1.807) is 0 Å². The summed E-state index contributed by atoms with van der Waals surface area (Å²) in [5.74, 6) is 0. The van der Waals surface area contributed by atoms with Crippen molar-refractivity contribution >= 4 is 0 Å². The van der Waals surface area contributed by atoms with Gasteiger partial charge in [-0.3, -0.25) is 5.32 Å². The topological polar surface area (TPSA) is 45.3 Å². The van der Waals surface area contributed by atoms with Crippen molar-refractivity contribution in [3.63, 3.8) is 0 Å². The molecule has 0 spiro atoms. The Bertz CT molecular complexity index is 161. The first-order valence-corrected chi connectivity index (χ1v) is 2.79. The number of hydrogen-bond acceptors (Lipinski definition) is 4. The van der Waals surface area contributed by atoms with Crippen LogP contribution < -0.4 is 16.2 Å². The van der Waals surface area contributed by atoms with E-state index < -0.39 is 18.6 Å². The minimum absolute atomic E-state index is 0.589. The molecule has 2 unspecified atom stereocenters. The van der Waals surface area contributed by atoms with E-state index in [0.717, 1.165) is 0 Å². The van der Waals surface area contributed by atoms with Gasteiger partial charge in [0.25, 0.3) is 6.08 Å². The SMILES string of the molecule is FOC1NNC(C=C(F)F)N1. The third-order valence-corrected chi connectivity index (χ3v) is 1.08. The van der Waals surface area contributed by atoms with Gasteiger partial charge >= 0.3 is 0 Å². The zero-order valence-electron chi connectivity index (χ0n) is 5.27. The summed E-state index contributed by atoms with van der Waals surface area (Å²) >= 11 is 0. The molecule has 1 aliphatic heterocycles. The monoisotopic (exact) mass is 169 g/mol. The second-order valence-corrected chi connectivity index (χ2v) is 1.86. The smallest absolute Gasteiger partial charge is 0.255 e. The number of rotatable bonds is 2. The molecule has 0 saturated carbocycles. The van der Waals surface area contributed by atoms with Crippen molar-refractivity contribution in [2.24, 2.45) is 0 Å². The lowest BCUT2D eigenvalue weighted by Crippen LogP contribution is -2.33. The molecule has 0 aromatic heterocycles. The average Bonchev–Trinajstić information content (AvgIpc) is 2.34. The Kier molecular flexibility index (Phi) is 2.83. The van der Waals surface area contributed by atoms with Crippen LogP contribution in [0.3, 0.4) is 0 Å². The summed E-state index contributed by atoms with van der Waals surface area (Å²) in [6.07, 6.45) is -3.17. The van der Waals surface area contributed by atoms with E-state index in [4.69, 9.17) is 0 Å². The van der Waals surface area contributed by atoms with Crippen LogP contribution >= 0.6 is 0 Å². The fourth-order valence-corrected chi connectivity index (χ4v) is 0.676. The van der Waals surface area contributed by atoms with Gasteiger partial charge in [0.2, 0.25) is 6.35 Å². The molecular formula is C4H6F3N3O. The second kappa shape index (κ2) is 3.67. The molecular weight excluding hydrogens is 163 g/mol. The molecule has 3 N–H and O–H groups in total. The molecule has 0 aromatic carbocycles. The molecule has 0 aromatic rings. The molecule has 4 nitrogen and oxygen atoms in total. The summed E-state index contributed by atoms with van der Waals surface area (Å²) in [4.78, 5) is 3.26. The molecule has 0 aliphatic carbocycles. The van der Waals surface area contributed by atoms with Crippen LogP contribution in [-0.2, 0) is 4.94 Å². The lowest BCUT2D eigenvalue weighted by molar-refractivity contribution is -0.193. The molecule has 11 heavy (non-hydrogen) atoms. The van der Waals surface area contributed by atoms with Gasteiger partial charge in [0, 0.05) is 6.08 Å². The van der Waals surface area contributed by atoms with E-state index in [0.29, 0.717) is 6.08 Å². The highest BCUT2D eigenvalue weighted by Crippen LogP contribution is 2.01. The summed E-state index contributed by atoms with van der Waals surface area (Å²) in [5, 5.41) is 2.30. The Hall–Kier alpha value is -0.630. The van der Waals surface area contributed by atoms with Gasteiger partial charge in [-0.05, 0) is 4.53 Å². The van der Waals surface area contributed by atoms with Crippen molar-refractivity contribution in [1.82, 2.24) is 16.2 Å². The molecule has 1 aliphatic rings. The predicted octanol–water partition coefficient (Wildman–Crippen LogP) is -0.0250. The molecule has 64 valence electrons. The first kappa shape index (κ1) is 8.47. The normalized spacial score (nSPS) is 30.5. The predicted molar refractivity (Wildman–Crippen MR) is 29.5 cm³/mol. The Labute approximate surface area is 60.3 Å². The van der Waals surface area contributed by atoms with Crippen molar-refractivity contribution in [3.8, 4) is 0 Å². The van der Waals surface area contributed by atoms with Crippen LogP contribution in [0.25, 0.3) is 0 Å². The molecule has 0 radical (unpaired) electrons. The Balaban J connectivity index is 2.36. The third-order valence-electron chi connectivity index (χ3n) is 1.08. The van der Waals surface area contributed by atoms with E-state index in [-0.39, 0.29) is 0 Å². The van der Waals surface area contributed by atoms with Gasteiger partial charge in [-0.25, -0.2) is 10.9 Å². The maximum atomic E-state index is 11.5. The largest absolute Gasteiger partial charge is 0.269 e. The van der Waals surface area contributed by atoms with Gasteiger partial charge in [0.05, 0.1) is 6.17 Å². The molecule has 1 heterocycles. The summed E-state index contributed by atoms with van der Waals surface area (Å²) in [6.45, 7) is 0. The zero-order valence-corrected chi connectivity index (χ0v) is 5.27. The number of hydrazine groups is 1. The quantitative estimate of drug-likeness (QED) is 0.543. The van der Waals surface area contributed by atoms with Crippen LogP contribution in [0.4, 0.5) is 13.3 Å². The maximum Gasteiger partial charge on any atom is 0.269 e. The lowest BCUT2D eigenvalue weighted by atomic mass is 10.5. The van der Waals surface area contributed by atoms with Crippen molar-refractivity contribution in [3.05, 3.63) is 12.2 Å². The Morgan fingerprint density at radius 1 is 1.36 bits per heavy atom. The van der Waals surface area contributed by atoms with E-state index in [1.165, 1.54) is 0 Å². The van der Waals surface area contributed by atoms with Crippen LogP contribution in [0.2, 0.25) is 0 Å². The van der Waals surface area contributed by atoms with Crippen LogP contribution in [0.5, 0.6) is 0 Å². The highest BCUT2D eigenvalue weighted by Gasteiger charge is 2.22. The molecule has 1 rings (SSSR count). The Morgan fingerprint density at radius 2 is 2.09 bits per heavy atom. The van der Waals surface area contributed by atoms with Crippen molar-refractivity contribution in [2.75, 3.05) is 0 Å². The van der Waals surface area contributed by atoms with Crippen molar-refractivity contribution < 1.29 is 18.2 Å². The first-order chi connectivity index (χ1) is 5.22. The molecule has 0 bridgehead atoms. The molecule has 1 saturated heterocycles. The van der Waals surface area contributed by atoms with Gasteiger partial charge in [-0.15, -0.1) is 0 Å². The molecule has 7 heteroatoms. The average molecular weight is 169 g/mol. The number of nitrogens with one attached hydrogen (secondary N) is 3. The highest BCUT2D eigenvalue weighted by atomic mass is 19.3. The maximum absolute atomic E-state index is 11.5. The lowest BCUT2D eigenvalue weighted by Gasteiger charge is -2.02. The van der Waals surface area contributed by atoms with Crippen LogP contribution in [-0.4, -0.2) is 12.5 Å². The standard InChI is InChI=1S/C4H6F3N3O/c5-2(6)1-3-8-4(11-7)10-9-3/h1,3-4,8-10H. The minimum Gasteiger partial charge on any atom is -0.255 e. The van der Waals surface area contributed by atoms with Gasteiger partial charge in [-0.1, -0.05) is 0 Å². The van der Waals surface area contributed by atoms with E-state index in [1.807, 2.05) is 0 Å². The van der Waals surface area contributed by atoms with Gasteiger partial charge < -0.3 is 0 Å². The van der Waals surface area contributed by atoms with Crippen LogP contribution in [0, 0.1) is 0 Å². The summed E-state index contributed by atoms with van der Waals surface area (Å²) in [6, 6.07) is 0. The fraction of sp³-hybridized carbons (Fsp3) is 0.500. The fourth-order valence-electron chi connectivity index (χ4n) is 0.676. The number of hydrogen-bond donors (Lipinski definition) is 3. The minimum atomic E-state index is -1.85. The summed E-state index contributed by atoms with van der Waals surface area (Å²) < 4.78 is 34.4. The van der Waals surface area contributed by atoms with Crippen LogP contribution in [0.15, 0.2) is 12.2 Å². The first-order valence-electron chi connectivity index (χ1n) is 2.79. The van der Waals surface area contributed by atoms with Gasteiger partial charge in [0.15, 0.2) is 0 Å². The van der Waals surface area contributed by atoms with E-state index in [9.17, 15) is 13.3 Å². The van der Waals surface area contributed by atoms with Gasteiger partial charge in [0.1, 0.15) is 0 Å².